The fraction of sp³-hybridized carbons (Fsp3) is 0.429. The number of ether oxygens (including phenoxy) is 1. The van der Waals surface area contributed by atoms with Gasteiger partial charge >= 0.3 is 0 Å². The van der Waals surface area contributed by atoms with Crippen LogP contribution in [-0.2, 0) is 17.8 Å². The third kappa shape index (κ3) is 7.01. The van der Waals surface area contributed by atoms with E-state index in [4.69, 9.17) is 4.74 Å². The van der Waals surface area contributed by atoms with Crippen LogP contribution in [0.4, 0.5) is 0 Å². The van der Waals surface area contributed by atoms with Crippen molar-refractivity contribution in [3.8, 4) is 11.1 Å². The molecule has 2 aromatic carbocycles. The molecule has 0 atom stereocenters. The van der Waals surface area contributed by atoms with Gasteiger partial charge in [0.1, 0.15) is 0 Å². The minimum Gasteiger partial charge on any atom is -0.376 e. The average Bonchev–Trinajstić information content (AvgIpc) is 2.77. The number of rotatable bonds is 10. The van der Waals surface area contributed by atoms with Crippen molar-refractivity contribution in [3.05, 3.63) is 84.5 Å². The van der Waals surface area contributed by atoms with Gasteiger partial charge in [-0.15, -0.1) is 6.58 Å². The Morgan fingerprint density at radius 3 is 2.10 bits per heavy atom. The van der Waals surface area contributed by atoms with E-state index in [-0.39, 0.29) is 0 Å². The Kier molecular flexibility index (Phi) is 8.77. The van der Waals surface area contributed by atoms with E-state index in [0.717, 1.165) is 24.9 Å². The van der Waals surface area contributed by atoms with Crippen LogP contribution in [0.1, 0.15) is 56.6 Å². The van der Waals surface area contributed by atoms with Crippen molar-refractivity contribution in [2.45, 2.75) is 58.5 Å². The Morgan fingerprint density at radius 1 is 0.897 bits per heavy atom. The first kappa shape index (κ1) is 21.6. The molecule has 0 radical (unpaired) electrons. The van der Waals surface area contributed by atoms with Gasteiger partial charge in [0, 0.05) is 0 Å². The summed E-state index contributed by atoms with van der Waals surface area (Å²) in [5, 5.41) is 0. The highest BCUT2D eigenvalue weighted by molar-refractivity contribution is 5.63. The number of allylic oxidation sites excluding steroid dienone is 2. The van der Waals surface area contributed by atoms with Gasteiger partial charge in [-0.25, -0.2) is 0 Å². The van der Waals surface area contributed by atoms with Gasteiger partial charge in [-0.05, 0) is 86.0 Å². The lowest BCUT2D eigenvalue weighted by molar-refractivity contribution is 0.125. The van der Waals surface area contributed by atoms with Crippen molar-refractivity contribution in [1.29, 1.82) is 0 Å². The Hall–Kier alpha value is -2.12. The van der Waals surface area contributed by atoms with Crippen LogP contribution in [0.25, 0.3) is 11.1 Å². The van der Waals surface area contributed by atoms with Crippen LogP contribution in [0.2, 0.25) is 0 Å². The third-order valence-corrected chi connectivity index (χ3v) is 6.17. The van der Waals surface area contributed by atoms with Gasteiger partial charge in [-0.1, -0.05) is 66.8 Å². The minimum atomic E-state index is 0.670. The quantitative estimate of drug-likeness (QED) is 0.298. The van der Waals surface area contributed by atoms with Crippen molar-refractivity contribution in [2.75, 3.05) is 6.61 Å². The van der Waals surface area contributed by atoms with Gasteiger partial charge in [0.05, 0.1) is 13.2 Å². The average molecular weight is 389 g/mol. The van der Waals surface area contributed by atoms with Gasteiger partial charge in [0.25, 0.3) is 0 Å². The molecular weight excluding hydrogens is 352 g/mol. The molecule has 0 aliphatic heterocycles. The summed E-state index contributed by atoms with van der Waals surface area (Å²) in [6.45, 7) is 7.27. The largest absolute Gasteiger partial charge is 0.376 e. The number of benzene rings is 2. The standard InChI is InChI=1S/C28H36O/c1-3-5-21-29-22-26-15-19-28(20-16-26)27-17-13-25(14-18-27)12-11-24-9-7-23(6-4-2)8-10-24/h3-4,6,13-20,23-24H,1,5,7-12,21-22H2,2H3. The van der Waals surface area contributed by atoms with Crippen LogP contribution in [0.15, 0.2) is 73.3 Å². The zero-order valence-electron chi connectivity index (χ0n) is 18.0. The molecule has 0 heterocycles. The van der Waals surface area contributed by atoms with Gasteiger partial charge < -0.3 is 4.74 Å². The van der Waals surface area contributed by atoms with E-state index < -0.39 is 0 Å². The molecule has 0 amide bonds. The number of hydrogen-bond donors (Lipinski definition) is 0. The van der Waals surface area contributed by atoms with Crippen molar-refractivity contribution >= 4 is 0 Å². The fourth-order valence-corrected chi connectivity index (χ4v) is 4.33. The van der Waals surface area contributed by atoms with Crippen LogP contribution in [0.3, 0.4) is 0 Å². The molecule has 0 spiro atoms. The smallest absolute Gasteiger partial charge is 0.0717 e. The van der Waals surface area contributed by atoms with E-state index in [1.807, 2.05) is 6.08 Å². The predicted molar refractivity (Wildman–Crippen MR) is 125 cm³/mol. The molecule has 1 fully saturated rings. The summed E-state index contributed by atoms with van der Waals surface area (Å²) in [6, 6.07) is 17.9. The molecule has 1 aliphatic carbocycles. The van der Waals surface area contributed by atoms with E-state index in [1.165, 1.54) is 60.8 Å². The molecule has 1 saturated carbocycles. The topological polar surface area (TPSA) is 9.23 Å². The molecule has 1 nitrogen and oxygen atoms in total. The van der Waals surface area contributed by atoms with Crippen LogP contribution >= 0.6 is 0 Å². The highest BCUT2D eigenvalue weighted by Crippen LogP contribution is 2.32. The van der Waals surface area contributed by atoms with Crippen molar-refractivity contribution in [3.63, 3.8) is 0 Å². The summed E-state index contributed by atoms with van der Waals surface area (Å²) in [6.07, 6.45) is 15.5. The van der Waals surface area contributed by atoms with Gasteiger partial charge in [-0.2, -0.15) is 0 Å². The summed E-state index contributed by atoms with van der Waals surface area (Å²) >= 11 is 0. The Labute approximate surface area is 177 Å². The van der Waals surface area contributed by atoms with E-state index in [1.54, 1.807) is 0 Å². The fourth-order valence-electron chi connectivity index (χ4n) is 4.33. The first-order valence-corrected chi connectivity index (χ1v) is 11.3. The van der Waals surface area contributed by atoms with Crippen LogP contribution in [-0.4, -0.2) is 6.61 Å². The second-order valence-electron chi connectivity index (χ2n) is 8.37. The SMILES string of the molecule is C=CCCOCc1ccc(-c2ccc(CCC3CCC(C=CC)CC3)cc2)cc1. The second-order valence-corrected chi connectivity index (χ2v) is 8.37. The Balaban J connectivity index is 1.45. The minimum absolute atomic E-state index is 0.670. The van der Waals surface area contributed by atoms with Gasteiger partial charge in [0.2, 0.25) is 0 Å². The lowest BCUT2D eigenvalue weighted by Gasteiger charge is -2.26. The maximum absolute atomic E-state index is 5.64. The van der Waals surface area contributed by atoms with Crippen molar-refractivity contribution in [1.82, 2.24) is 0 Å². The van der Waals surface area contributed by atoms with Gasteiger partial charge in [-0.3, -0.25) is 0 Å². The lowest BCUT2D eigenvalue weighted by Crippen LogP contribution is -2.13. The molecular formula is C28H36O. The molecule has 154 valence electrons. The summed E-state index contributed by atoms with van der Waals surface area (Å²) < 4.78 is 5.64. The summed E-state index contributed by atoms with van der Waals surface area (Å²) in [4.78, 5) is 0. The first-order valence-electron chi connectivity index (χ1n) is 11.3. The highest BCUT2D eigenvalue weighted by Gasteiger charge is 2.19. The molecule has 0 saturated heterocycles. The third-order valence-electron chi connectivity index (χ3n) is 6.17. The zero-order chi connectivity index (χ0) is 20.3. The van der Waals surface area contributed by atoms with E-state index in [0.29, 0.717) is 6.61 Å². The summed E-state index contributed by atoms with van der Waals surface area (Å²) in [5.74, 6) is 1.75. The Bertz CT molecular complexity index is 746. The lowest BCUT2D eigenvalue weighted by atomic mass is 9.79. The van der Waals surface area contributed by atoms with Crippen LogP contribution in [0.5, 0.6) is 0 Å². The molecule has 0 unspecified atom stereocenters. The molecule has 1 aliphatic rings. The van der Waals surface area contributed by atoms with Crippen LogP contribution < -0.4 is 0 Å². The maximum Gasteiger partial charge on any atom is 0.0717 e. The molecule has 1 heteroatoms. The normalized spacial score (nSPS) is 19.5. The molecule has 2 aromatic rings. The van der Waals surface area contributed by atoms with Crippen LogP contribution in [0, 0.1) is 11.8 Å². The predicted octanol–water partition coefficient (Wildman–Crippen LogP) is 7.76. The highest BCUT2D eigenvalue weighted by atomic mass is 16.5. The maximum atomic E-state index is 5.64. The van der Waals surface area contributed by atoms with Crippen molar-refractivity contribution < 1.29 is 4.74 Å². The molecule has 0 aromatic heterocycles. The van der Waals surface area contributed by atoms with Crippen molar-refractivity contribution in [2.24, 2.45) is 11.8 Å². The molecule has 29 heavy (non-hydrogen) atoms. The molecule has 3 rings (SSSR count). The zero-order valence-corrected chi connectivity index (χ0v) is 18.0. The van der Waals surface area contributed by atoms with E-state index in [2.05, 4.69) is 74.2 Å². The number of hydrogen-bond acceptors (Lipinski definition) is 1. The Morgan fingerprint density at radius 2 is 1.52 bits per heavy atom. The molecule has 0 N–H and O–H groups in total. The summed E-state index contributed by atoms with van der Waals surface area (Å²) in [5.41, 5.74) is 5.25. The molecule has 0 bridgehead atoms. The monoisotopic (exact) mass is 388 g/mol. The van der Waals surface area contributed by atoms with Gasteiger partial charge in [0.15, 0.2) is 0 Å². The second kappa shape index (κ2) is 11.8. The van der Waals surface area contributed by atoms with E-state index >= 15 is 0 Å². The van der Waals surface area contributed by atoms with E-state index in [9.17, 15) is 0 Å². The number of aryl methyl sites for hydroxylation is 1. The summed E-state index contributed by atoms with van der Waals surface area (Å²) in [7, 11) is 0. The first-order chi connectivity index (χ1) is 14.3.